The molecule has 0 unspecified atom stereocenters. The highest BCUT2D eigenvalue weighted by Gasteiger charge is 2.30. The van der Waals surface area contributed by atoms with Crippen LogP contribution in [0.4, 0.5) is 5.13 Å². The minimum Gasteiger partial charge on any atom is -0.438 e. The molecule has 3 rings (SSSR count). The van der Waals surface area contributed by atoms with Gasteiger partial charge in [-0.1, -0.05) is 13.8 Å². The van der Waals surface area contributed by atoms with E-state index in [1.807, 2.05) is 19.2 Å². The van der Waals surface area contributed by atoms with E-state index in [1.54, 1.807) is 0 Å². The van der Waals surface area contributed by atoms with Gasteiger partial charge in [0, 0.05) is 18.5 Å². The van der Waals surface area contributed by atoms with Crippen LogP contribution >= 0.6 is 11.3 Å². The smallest absolute Gasteiger partial charge is 0.293 e. The van der Waals surface area contributed by atoms with Crippen LogP contribution in [0.25, 0.3) is 0 Å². The Bertz CT molecular complexity index is 833. The summed E-state index contributed by atoms with van der Waals surface area (Å²) in [5, 5.41) is 4.78. The maximum atomic E-state index is 12.4. The zero-order valence-corrected chi connectivity index (χ0v) is 15.1. The Balaban J connectivity index is 1.73. The summed E-state index contributed by atoms with van der Waals surface area (Å²) in [6, 6.07) is 2.69. The number of anilines is 1. The Kier molecular flexibility index (Phi) is 4.75. The normalized spacial score (nSPS) is 16.0. The van der Waals surface area contributed by atoms with Crippen molar-refractivity contribution in [2.24, 2.45) is 0 Å². The number of hydrogen-bond acceptors (Lipinski definition) is 6. The molecule has 130 valence electrons. The number of aromatic nitrogens is 1. The fourth-order valence-electron chi connectivity index (χ4n) is 2.40. The first-order chi connectivity index (χ1) is 11.4. The van der Waals surface area contributed by atoms with Crippen molar-refractivity contribution in [1.82, 2.24) is 9.29 Å². The van der Waals surface area contributed by atoms with Gasteiger partial charge < -0.3 is 4.42 Å². The lowest BCUT2D eigenvalue weighted by molar-refractivity contribution is 0.0991. The summed E-state index contributed by atoms with van der Waals surface area (Å²) >= 11 is 1.32. The monoisotopic (exact) mass is 369 g/mol. The second-order valence-electron chi connectivity index (χ2n) is 5.92. The summed E-state index contributed by atoms with van der Waals surface area (Å²) in [5.74, 6) is -0.288. The van der Waals surface area contributed by atoms with Gasteiger partial charge in [-0.3, -0.25) is 10.1 Å². The third kappa shape index (κ3) is 3.38. The zero-order valence-electron chi connectivity index (χ0n) is 13.5. The molecular weight excluding hydrogens is 350 g/mol. The Morgan fingerprint density at radius 3 is 2.67 bits per heavy atom. The van der Waals surface area contributed by atoms with Crippen LogP contribution < -0.4 is 5.32 Å². The summed E-state index contributed by atoms with van der Waals surface area (Å²) in [4.78, 5) is 16.5. The van der Waals surface area contributed by atoms with Gasteiger partial charge in [-0.2, -0.15) is 4.31 Å². The second-order valence-corrected chi connectivity index (χ2v) is 8.64. The molecule has 3 heterocycles. The van der Waals surface area contributed by atoms with Crippen molar-refractivity contribution in [3.63, 3.8) is 0 Å². The van der Waals surface area contributed by atoms with Gasteiger partial charge in [-0.05, 0) is 30.9 Å². The van der Waals surface area contributed by atoms with E-state index < -0.39 is 15.9 Å². The molecular formula is C15H19N3O4S2. The predicted molar refractivity (Wildman–Crippen MR) is 90.9 cm³/mol. The molecule has 24 heavy (non-hydrogen) atoms. The fraction of sp³-hybridized carbons (Fsp3) is 0.467. The highest BCUT2D eigenvalue weighted by molar-refractivity contribution is 7.89. The van der Waals surface area contributed by atoms with Crippen LogP contribution in [0.15, 0.2) is 27.0 Å². The number of nitrogens with zero attached hydrogens (tertiary/aromatic N) is 2. The SMILES string of the molecule is CC(C)c1csc(NC(=O)c2ccc(S(=O)(=O)N3CCCC3)o2)n1. The summed E-state index contributed by atoms with van der Waals surface area (Å²) in [7, 11) is -3.66. The average Bonchev–Trinajstić information content (AvgIpc) is 3.28. The molecule has 0 aliphatic carbocycles. The number of hydrogen-bond donors (Lipinski definition) is 1. The maximum Gasteiger partial charge on any atom is 0.293 e. The number of carbonyl (C=O) groups is 1. The van der Waals surface area contributed by atoms with E-state index in [1.165, 1.54) is 27.8 Å². The molecule has 1 aliphatic rings. The van der Waals surface area contributed by atoms with Crippen molar-refractivity contribution in [3.8, 4) is 0 Å². The largest absolute Gasteiger partial charge is 0.438 e. The van der Waals surface area contributed by atoms with Gasteiger partial charge in [0.2, 0.25) is 5.09 Å². The molecule has 0 saturated carbocycles. The maximum absolute atomic E-state index is 12.4. The molecule has 0 radical (unpaired) electrons. The predicted octanol–water partition coefficient (Wildman–Crippen LogP) is 2.90. The van der Waals surface area contributed by atoms with Crippen LogP contribution in [0.1, 0.15) is 48.9 Å². The molecule has 9 heteroatoms. The Labute approximate surface area is 144 Å². The summed E-state index contributed by atoms with van der Waals surface area (Å²) < 4.78 is 31.5. The molecule has 0 spiro atoms. The molecule has 1 fully saturated rings. The molecule has 0 aromatic carbocycles. The Morgan fingerprint density at radius 1 is 1.33 bits per heavy atom. The van der Waals surface area contributed by atoms with E-state index in [0.717, 1.165) is 18.5 Å². The molecule has 1 saturated heterocycles. The van der Waals surface area contributed by atoms with Crippen molar-refractivity contribution in [1.29, 1.82) is 0 Å². The van der Waals surface area contributed by atoms with E-state index in [-0.39, 0.29) is 16.8 Å². The number of thiazole rings is 1. The van der Waals surface area contributed by atoms with Crippen LogP contribution in [0.5, 0.6) is 0 Å². The number of nitrogens with one attached hydrogen (secondary N) is 1. The van der Waals surface area contributed by atoms with Crippen molar-refractivity contribution >= 4 is 32.4 Å². The second kappa shape index (κ2) is 6.66. The number of amides is 1. The summed E-state index contributed by atoms with van der Waals surface area (Å²) in [6.07, 6.45) is 1.69. The van der Waals surface area contributed by atoms with Crippen molar-refractivity contribution in [2.75, 3.05) is 18.4 Å². The van der Waals surface area contributed by atoms with Crippen molar-refractivity contribution in [3.05, 3.63) is 29.0 Å². The summed E-state index contributed by atoms with van der Waals surface area (Å²) in [6.45, 7) is 5.01. The highest BCUT2D eigenvalue weighted by atomic mass is 32.2. The van der Waals surface area contributed by atoms with E-state index >= 15 is 0 Å². The minimum absolute atomic E-state index is 0.0472. The van der Waals surface area contributed by atoms with Crippen LogP contribution in [0.3, 0.4) is 0 Å². The number of rotatable bonds is 5. The standard InChI is InChI=1S/C15H19N3O4S2/c1-10(2)11-9-23-15(16-11)17-14(19)12-5-6-13(22-12)24(20,21)18-7-3-4-8-18/h5-6,9-10H,3-4,7-8H2,1-2H3,(H,16,17,19). The van der Waals surface area contributed by atoms with Crippen LogP contribution in [-0.4, -0.2) is 36.7 Å². The number of sulfonamides is 1. The van der Waals surface area contributed by atoms with E-state index in [4.69, 9.17) is 4.42 Å². The first-order valence-corrected chi connectivity index (χ1v) is 10.1. The average molecular weight is 369 g/mol. The number of furan rings is 1. The van der Waals surface area contributed by atoms with Gasteiger partial charge in [0.25, 0.3) is 15.9 Å². The van der Waals surface area contributed by atoms with Crippen LogP contribution in [0.2, 0.25) is 0 Å². The molecule has 1 amide bonds. The van der Waals surface area contributed by atoms with E-state index in [9.17, 15) is 13.2 Å². The Hall–Kier alpha value is -1.71. The van der Waals surface area contributed by atoms with E-state index in [0.29, 0.717) is 18.2 Å². The quantitative estimate of drug-likeness (QED) is 0.875. The van der Waals surface area contributed by atoms with E-state index in [2.05, 4.69) is 10.3 Å². The number of carbonyl (C=O) groups excluding carboxylic acids is 1. The summed E-state index contributed by atoms with van der Waals surface area (Å²) in [5.41, 5.74) is 0.895. The van der Waals surface area contributed by atoms with Crippen molar-refractivity contribution in [2.45, 2.75) is 37.7 Å². The molecule has 1 N–H and O–H groups in total. The third-order valence-corrected chi connectivity index (χ3v) is 6.35. The molecule has 0 atom stereocenters. The van der Waals surface area contributed by atoms with Gasteiger partial charge >= 0.3 is 0 Å². The Morgan fingerprint density at radius 2 is 2.04 bits per heavy atom. The molecule has 7 nitrogen and oxygen atoms in total. The molecule has 2 aromatic rings. The minimum atomic E-state index is -3.66. The first kappa shape index (κ1) is 17.1. The highest BCUT2D eigenvalue weighted by Crippen LogP contribution is 2.25. The lowest BCUT2D eigenvalue weighted by Crippen LogP contribution is -2.27. The topological polar surface area (TPSA) is 92.5 Å². The van der Waals surface area contributed by atoms with Crippen molar-refractivity contribution < 1.29 is 17.6 Å². The molecule has 0 bridgehead atoms. The first-order valence-electron chi connectivity index (χ1n) is 7.74. The molecule has 2 aromatic heterocycles. The molecule has 1 aliphatic heterocycles. The van der Waals surface area contributed by atoms with Crippen LogP contribution in [0, 0.1) is 0 Å². The van der Waals surface area contributed by atoms with Gasteiger partial charge in [-0.15, -0.1) is 11.3 Å². The van der Waals surface area contributed by atoms with Gasteiger partial charge in [0.15, 0.2) is 10.9 Å². The third-order valence-electron chi connectivity index (χ3n) is 3.80. The van der Waals surface area contributed by atoms with Gasteiger partial charge in [0.05, 0.1) is 5.69 Å². The lowest BCUT2D eigenvalue weighted by atomic mass is 10.2. The fourth-order valence-corrected chi connectivity index (χ4v) is 4.70. The van der Waals surface area contributed by atoms with Gasteiger partial charge in [-0.25, -0.2) is 13.4 Å². The van der Waals surface area contributed by atoms with Crippen LogP contribution in [-0.2, 0) is 10.0 Å². The lowest BCUT2D eigenvalue weighted by Gasteiger charge is -2.12. The van der Waals surface area contributed by atoms with Gasteiger partial charge in [0.1, 0.15) is 0 Å². The zero-order chi connectivity index (χ0) is 17.3.